The molecule has 146 valence electrons. The summed E-state index contributed by atoms with van der Waals surface area (Å²) in [6.45, 7) is 2.80. The van der Waals surface area contributed by atoms with Gasteiger partial charge in [-0.15, -0.1) is 0 Å². The molecule has 0 bridgehead atoms. The second kappa shape index (κ2) is 9.31. The predicted octanol–water partition coefficient (Wildman–Crippen LogP) is 5.91. The highest BCUT2D eigenvalue weighted by Crippen LogP contribution is 2.39. The Labute approximate surface area is 187 Å². The van der Waals surface area contributed by atoms with Crippen LogP contribution in [0.2, 0.25) is 5.02 Å². The summed E-state index contributed by atoms with van der Waals surface area (Å²) in [6, 6.07) is 11.4. The normalized spacial score (nSPS) is 15.4. The third kappa shape index (κ3) is 4.71. The van der Waals surface area contributed by atoms with Crippen LogP contribution < -0.4 is 9.47 Å². The Bertz CT molecular complexity index is 947. The van der Waals surface area contributed by atoms with Gasteiger partial charge in [0.05, 0.1) is 17.0 Å². The van der Waals surface area contributed by atoms with Crippen molar-refractivity contribution in [2.45, 2.75) is 13.5 Å². The monoisotopic (exact) mass is 497 g/mol. The number of ether oxygens (including phenoxy) is 2. The standard InChI is InChI=1S/C20H17BrClNO3S2/c1-3-23-19(24)17(28-20(23)27)10-13-8-15(22)18(16(9-13)25-2)26-11-12-4-6-14(21)7-5-12/h4-10H,3,11H2,1-2H3/b17-10-. The molecule has 2 aromatic carbocycles. The molecule has 1 aliphatic heterocycles. The lowest BCUT2D eigenvalue weighted by molar-refractivity contribution is -0.121. The third-order valence-electron chi connectivity index (χ3n) is 4.04. The molecular weight excluding hydrogens is 482 g/mol. The highest BCUT2D eigenvalue weighted by molar-refractivity contribution is 9.10. The van der Waals surface area contributed by atoms with Crippen molar-refractivity contribution in [1.82, 2.24) is 4.90 Å². The Kier molecular flexibility index (Phi) is 7.04. The Balaban J connectivity index is 1.83. The number of hydrogen-bond acceptors (Lipinski definition) is 5. The molecule has 1 aliphatic rings. The van der Waals surface area contributed by atoms with Crippen molar-refractivity contribution in [2.24, 2.45) is 0 Å². The molecular formula is C20H17BrClNO3S2. The van der Waals surface area contributed by atoms with Gasteiger partial charge in [0.25, 0.3) is 5.91 Å². The lowest BCUT2D eigenvalue weighted by Gasteiger charge is -2.14. The summed E-state index contributed by atoms with van der Waals surface area (Å²) in [7, 11) is 1.55. The minimum Gasteiger partial charge on any atom is -0.493 e. The van der Waals surface area contributed by atoms with E-state index in [1.54, 1.807) is 30.2 Å². The van der Waals surface area contributed by atoms with Crippen LogP contribution in [-0.4, -0.2) is 28.8 Å². The molecule has 0 N–H and O–H groups in total. The Morgan fingerprint density at radius 1 is 1.29 bits per heavy atom. The molecule has 1 saturated heterocycles. The van der Waals surface area contributed by atoms with Gasteiger partial charge < -0.3 is 9.47 Å². The van der Waals surface area contributed by atoms with Gasteiger partial charge in [0, 0.05) is 11.0 Å². The number of amides is 1. The van der Waals surface area contributed by atoms with E-state index in [2.05, 4.69) is 15.9 Å². The topological polar surface area (TPSA) is 38.8 Å². The van der Waals surface area contributed by atoms with Crippen molar-refractivity contribution >= 4 is 67.8 Å². The Morgan fingerprint density at radius 3 is 2.61 bits per heavy atom. The number of rotatable bonds is 6. The number of benzene rings is 2. The molecule has 1 fully saturated rings. The van der Waals surface area contributed by atoms with Crippen LogP contribution in [0.25, 0.3) is 6.08 Å². The fourth-order valence-electron chi connectivity index (χ4n) is 2.62. The highest BCUT2D eigenvalue weighted by Gasteiger charge is 2.30. The first kappa shape index (κ1) is 21.2. The van der Waals surface area contributed by atoms with Crippen LogP contribution in [0.5, 0.6) is 11.5 Å². The van der Waals surface area contributed by atoms with Crippen LogP contribution in [0.4, 0.5) is 0 Å². The van der Waals surface area contributed by atoms with Gasteiger partial charge >= 0.3 is 0 Å². The zero-order valence-corrected chi connectivity index (χ0v) is 19.2. The van der Waals surface area contributed by atoms with E-state index in [4.69, 9.17) is 33.3 Å². The van der Waals surface area contributed by atoms with E-state index in [-0.39, 0.29) is 5.91 Å². The van der Waals surface area contributed by atoms with Crippen LogP contribution in [0, 0.1) is 0 Å². The van der Waals surface area contributed by atoms with Crippen molar-refractivity contribution in [1.29, 1.82) is 0 Å². The van der Waals surface area contributed by atoms with Gasteiger partial charge in [-0.3, -0.25) is 9.69 Å². The molecule has 0 aliphatic carbocycles. The fourth-order valence-corrected chi connectivity index (χ4v) is 4.55. The summed E-state index contributed by atoms with van der Waals surface area (Å²) in [4.78, 5) is 14.5. The molecule has 0 unspecified atom stereocenters. The molecule has 0 spiro atoms. The zero-order chi connectivity index (χ0) is 20.3. The molecule has 1 amide bonds. The molecule has 3 rings (SSSR count). The number of hydrogen-bond donors (Lipinski definition) is 0. The van der Waals surface area contributed by atoms with Gasteiger partial charge in [-0.25, -0.2) is 0 Å². The molecule has 0 saturated carbocycles. The summed E-state index contributed by atoms with van der Waals surface area (Å²) in [5, 5.41) is 0.411. The lowest BCUT2D eigenvalue weighted by atomic mass is 10.1. The van der Waals surface area contributed by atoms with E-state index in [0.29, 0.717) is 38.9 Å². The molecule has 0 radical (unpaired) electrons. The predicted molar refractivity (Wildman–Crippen MR) is 122 cm³/mol. The Hall–Kier alpha value is -1.54. The SMILES string of the molecule is CCN1C(=O)/C(=C/c2cc(Cl)c(OCc3ccc(Br)cc3)c(OC)c2)SC1=S. The van der Waals surface area contributed by atoms with Gasteiger partial charge in [0.2, 0.25) is 0 Å². The number of carbonyl (C=O) groups excluding carboxylic acids is 1. The summed E-state index contributed by atoms with van der Waals surface area (Å²) in [5.74, 6) is 0.871. The van der Waals surface area contributed by atoms with E-state index in [1.807, 2.05) is 31.2 Å². The largest absolute Gasteiger partial charge is 0.493 e. The molecule has 0 aromatic heterocycles. The van der Waals surface area contributed by atoms with E-state index in [0.717, 1.165) is 15.6 Å². The molecule has 8 heteroatoms. The maximum Gasteiger partial charge on any atom is 0.266 e. The van der Waals surface area contributed by atoms with Gasteiger partial charge in [0.1, 0.15) is 10.9 Å². The highest BCUT2D eigenvalue weighted by atomic mass is 79.9. The van der Waals surface area contributed by atoms with Crippen molar-refractivity contribution in [3.05, 3.63) is 61.9 Å². The summed E-state index contributed by atoms with van der Waals surface area (Å²) >= 11 is 16.4. The number of nitrogens with zero attached hydrogens (tertiary/aromatic N) is 1. The molecule has 0 atom stereocenters. The van der Waals surface area contributed by atoms with Gasteiger partial charge in [-0.05, 0) is 48.4 Å². The van der Waals surface area contributed by atoms with Crippen LogP contribution in [-0.2, 0) is 11.4 Å². The lowest BCUT2D eigenvalue weighted by Crippen LogP contribution is -2.27. The third-order valence-corrected chi connectivity index (χ3v) is 6.22. The average molecular weight is 499 g/mol. The molecule has 1 heterocycles. The van der Waals surface area contributed by atoms with E-state index in [1.165, 1.54) is 11.8 Å². The number of halogens is 2. The van der Waals surface area contributed by atoms with Crippen LogP contribution in [0.3, 0.4) is 0 Å². The average Bonchev–Trinajstić information content (AvgIpc) is 2.94. The summed E-state index contributed by atoms with van der Waals surface area (Å²) in [5.41, 5.74) is 1.75. The number of thiocarbonyl (C=S) groups is 1. The van der Waals surface area contributed by atoms with Gasteiger partial charge in [-0.2, -0.15) is 0 Å². The Morgan fingerprint density at radius 2 is 2.00 bits per heavy atom. The summed E-state index contributed by atoms with van der Waals surface area (Å²) in [6.07, 6.45) is 1.77. The molecule has 2 aromatic rings. The quantitative estimate of drug-likeness (QED) is 0.366. The number of carbonyl (C=O) groups is 1. The first-order valence-corrected chi connectivity index (χ1v) is 10.8. The first-order valence-electron chi connectivity index (χ1n) is 8.43. The second-order valence-electron chi connectivity index (χ2n) is 5.88. The number of likely N-dealkylation sites (N-methyl/N-ethyl adjacent to an activating group) is 1. The number of methoxy groups -OCH3 is 1. The zero-order valence-electron chi connectivity index (χ0n) is 15.2. The van der Waals surface area contributed by atoms with E-state index < -0.39 is 0 Å². The number of thioether (sulfide) groups is 1. The van der Waals surface area contributed by atoms with Crippen LogP contribution >= 0.6 is 51.5 Å². The summed E-state index contributed by atoms with van der Waals surface area (Å²) < 4.78 is 12.9. The van der Waals surface area contributed by atoms with Crippen LogP contribution in [0.1, 0.15) is 18.1 Å². The maximum atomic E-state index is 12.4. The second-order valence-corrected chi connectivity index (χ2v) is 8.87. The van der Waals surface area contributed by atoms with Crippen molar-refractivity contribution < 1.29 is 14.3 Å². The van der Waals surface area contributed by atoms with Gasteiger partial charge in [-0.1, -0.05) is 63.6 Å². The van der Waals surface area contributed by atoms with Crippen molar-refractivity contribution in [2.75, 3.05) is 13.7 Å². The van der Waals surface area contributed by atoms with Crippen molar-refractivity contribution in [3.8, 4) is 11.5 Å². The fraction of sp³-hybridized carbons (Fsp3) is 0.200. The first-order chi connectivity index (χ1) is 13.4. The van der Waals surface area contributed by atoms with E-state index in [9.17, 15) is 4.79 Å². The van der Waals surface area contributed by atoms with Crippen LogP contribution in [0.15, 0.2) is 45.8 Å². The van der Waals surface area contributed by atoms with E-state index >= 15 is 0 Å². The minimum absolute atomic E-state index is 0.0943. The minimum atomic E-state index is -0.0943. The van der Waals surface area contributed by atoms with Gasteiger partial charge in [0.15, 0.2) is 11.5 Å². The molecule has 28 heavy (non-hydrogen) atoms. The smallest absolute Gasteiger partial charge is 0.266 e. The molecule has 4 nitrogen and oxygen atoms in total. The maximum absolute atomic E-state index is 12.4. The van der Waals surface area contributed by atoms with Crippen molar-refractivity contribution in [3.63, 3.8) is 0 Å².